The van der Waals surface area contributed by atoms with Crippen LogP contribution in [0.3, 0.4) is 0 Å². The van der Waals surface area contributed by atoms with Gasteiger partial charge in [-0.3, -0.25) is 0 Å². The van der Waals surface area contributed by atoms with Crippen molar-refractivity contribution in [2.45, 2.75) is 29.3 Å². The van der Waals surface area contributed by atoms with Gasteiger partial charge in [-0.15, -0.1) is 0 Å². The normalized spacial score (nSPS) is 16.0. The molecule has 2 N–H and O–H groups in total. The standard InChI is InChI=1S/C12H14F4N2O2S/c13-8-1-4-10(18-6-5-17-9-2-3-9)11(7-8)21(19,20)12(14,15)16/h1,4,7,9,17-18H,2-3,5-6H2. The minimum absolute atomic E-state index is 0.239. The van der Waals surface area contributed by atoms with Crippen LogP contribution in [0.4, 0.5) is 23.2 Å². The molecule has 0 bridgehead atoms. The van der Waals surface area contributed by atoms with Crippen molar-refractivity contribution in [2.75, 3.05) is 18.4 Å². The predicted octanol–water partition coefficient (Wildman–Crippen LogP) is 2.28. The summed E-state index contributed by atoms with van der Waals surface area (Å²) >= 11 is 0. The maximum Gasteiger partial charge on any atom is 0.501 e. The highest BCUT2D eigenvalue weighted by Crippen LogP contribution is 2.34. The molecule has 0 amide bonds. The van der Waals surface area contributed by atoms with E-state index in [1.54, 1.807) is 0 Å². The Balaban J connectivity index is 2.16. The molecule has 1 saturated carbocycles. The Morgan fingerprint density at radius 1 is 1.19 bits per heavy atom. The SMILES string of the molecule is O=S(=O)(c1cc(F)ccc1NCCNC1CC1)C(F)(F)F. The molecule has 0 unspecified atom stereocenters. The van der Waals surface area contributed by atoms with Crippen LogP contribution in [0.5, 0.6) is 0 Å². The second-order valence-electron chi connectivity index (χ2n) is 4.74. The Morgan fingerprint density at radius 2 is 1.86 bits per heavy atom. The summed E-state index contributed by atoms with van der Waals surface area (Å²) in [5.41, 5.74) is -5.73. The summed E-state index contributed by atoms with van der Waals surface area (Å²) in [6, 6.07) is 2.70. The van der Waals surface area contributed by atoms with Crippen LogP contribution in [0.15, 0.2) is 23.1 Å². The van der Waals surface area contributed by atoms with Crippen LogP contribution in [0.25, 0.3) is 0 Å². The van der Waals surface area contributed by atoms with E-state index in [1.807, 2.05) is 0 Å². The minimum Gasteiger partial charge on any atom is -0.383 e. The average molecular weight is 326 g/mol. The molecule has 0 heterocycles. The van der Waals surface area contributed by atoms with Crippen LogP contribution in [0.1, 0.15) is 12.8 Å². The smallest absolute Gasteiger partial charge is 0.383 e. The molecule has 1 aliphatic carbocycles. The van der Waals surface area contributed by atoms with E-state index in [1.165, 1.54) is 0 Å². The Kier molecular flexibility index (Phi) is 4.43. The quantitative estimate of drug-likeness (QED) is 0.622. The van der Waals surface area contributed by atoms with E-state index in [9.17, 15) is 26.0 Å². The summed E-state index contributed by atoms with van der Waals surface area (Å²) in [6.45, 7) is 0.718. The van der Waals surface area contributed by atoms with Crippen LogP contribution in [0.2, 0.25) is 0 Å². The fraction of sp³-hybridized carbons (Fsp3) is 0.500. The largest absolute Gasteiger partial charge is 0.501 e. The first-order valence-corrected chi connectivity index (χ1v) is 7.78. The van der Waals surface area contributed by atoms with Crippen LogP contribution in [-0.4, -0.2) is 33.1 Å². The molecular weight excluding hydrogens is 312 g/mol. The Bertz CT molecular complexity index is 612. The number of sulfone groups is 1. The van der Waals surface area contributed by atoms with Crippen molar-refractivity contribution in [1.82, 2.24) is 5.32 Å². The van der Waals surface area contributed by atoms with Gasteiger partial charge in [0, 0.05) is 19.1 Å². The molecule has 0 atom stereocenters. The number of nitrogens with one attached hydrogen (secondary N) is 2. The lowest BCUT2D eigenvalue weighted by Gasteiger charge is -2.14. The van der Waals surface area contributed by atoms with Crippen LogP contribution in [0, 0.1) is 5.82 Å². The number of anilines is 1. The molecule has 2 rings (SSSR count). The average Bonchev–Trinajstić information content (AvgIpc) is 3.18. The Labute approximate surface area is 119 Å². The van der Waals surface area contributed by atoms with E-state index in [-0.39, 0.29) is 12.2 Å². The van der Waals surface area contributed by atoms with Gasteiger partial charge in [0.05, 0.1) is 5.69 Å². The summed E-state index contributed by atoms with van der Waals surface area (Å²) in [5.74, 6) is -1.04. The molecule has 1 fully saturated rings. The summed E-state index contributed by atoms with van der Waals surface area (Å²) in [5, 5.41) is 5.71. The molecular formula is C12H14F4N2O2S. The Hall–Kier alpha value is -1.35. The first-order valence-electron chi connectivity index (χ1n) is 6.30. The highest BCUT2D eigenvalue weighted by molar-refractivity contribution is 7.92. The zero-order chi connectivity index (χ0) is 15.7. The number of hydrogen-bond acceptors (Lipinski definition) is 4. The van der Waals surface area contributed by atoms with Crippen molar-refractivity contribution in [3.63, 3.8) is 0 Å². The lowest BCUT2D eigenvalue weighted by Crippen LogP contribution is -2.27. The summed E-state index contributed by atoms with van der Waals surface area (Å²) in [6.07, 6.45) is 2.12. The van der Waals surface area contributed by atoms with Gasteiger partial charge in [0.15, 0.2) is 0 Å². The fourth-order valence-corrected chi connectivity index (χ4v) is 2.70. The number of benzene rings is 1. The molecule has 1 aromatic rings. The van der Waals surface area contributed by atoms with Crippen molar-refractivity contribution in [3.8, 4) is 0 Å². The summed E-state index contributed by atoms with van der Waals surface area (Å²) in [4.78, 5) is -1.10. The second-order valence-corrected chi connectivity index (χ2v) is 6.65. The molecule has 0 aliphatic heterocycles. The lowest BCUT2D eigenvalue weighted by molar-refractivity contribution is -0.0435. The molecule has 0 aromatic heterocycles. The monoisotopic (exact) mass is 326 g/mol. The fourth-order valence-electron chi connectivity index (χ4n) is 1.75. The van der Waals surface area contributed by atoms with Crippen LogP contribution < -0.4 is 10.6 Å². The first-order chi connectivity index (χ1) is 9.72. The molecule has 1 aliphatic rings. The molecule has 9 heteroatoms. The summed E-state index contributed by atoms with van der Waals surface area (Å²) < 4.78 is 73.7. The molecule has 4 nitrogen and oxygen atoms in total. The van der Waals surface area contributed by atoms with Gasteiger partial charge in [-0.25, -0.2) is 12.8 Å². The number of rotatable bonds is 6. The first kappa shape index (κ1) is 16.0. The van der Waals surface area contributed by atoms with E-state index in [2.05, 4.69) is 10.6 Å². The highest BCUT2D eigenvalue weighted by atomic mass is 32.2. The summed E-state index contributed by atoms with van der Waals surface area (Å²) in [7, 11) is -5.59. The number of halogens is 4. The van der Waals surface area contributed by atoms with Crippen molar-refractivity contribution < 1.29 is 26.0 Å². The third-order valence-corrected chi connectivity index (χ3v) is 4.51. The van der Waals surface area contributed by atoms with Crippen LogP contribution in [-0.2, 0) is 9.84 Å². The van der Waals surface area contributed by atoms with Gasteiger partial charge in [0.25, 0.3) is 9.84 Å². The highest BCUT2D eigenvalue weighted by Gasteiger charge is 2.48. The van der Waals surface area contributed by atoms with Crippen LogP contribution >= 0.6 is 0 Å². The van der Waals surface area contributed by atoms with Crippen molar-refractivity contribution >= 4 is 15.5 Å². The van der Waals surface area contributed by atoms with E-state index in [0.29, 0.717) is 18.7 Å². The van der Waals surface area contributed by atoms with E-state index >= 15 is 0 Å². The molecule has 0 radical (unpaired) electrons. The molecule has 21 heavy (non-hydrogen) atoms. The van der Waals surface area contributed by atoms with Gasteiger partial charge >= 0.3 is 5.51 Å². The van der Waals surface area contributed by atoms with E-state index < -0.39 is 26.1 Å². The maximum absolute atomic E-state index is 13.1. The van der Waals surface area contributed by atoms with Gasteiger partial charge in [0.2, 0.25) is 0 Å². The zero-order valence-corrected chi connectivity index (χ0v) is 11.7. The second kappa shape index (κ2) is 5.80. The van der Waals surface area contributed by atoms with Crippen molar-refractivity contribution in [3.05, 3.63) is 24.0 Å². The molecule has 0 saturated heterocycles. The van der Waals surface area contributed by atoms with Gasteiger partial charge in [-0.1, -0.05) is 0 Å². The van der Waals surface area contributed by atoms with Gasteiger partial charge in [0.1, 0.15) is 10.7 Å². The van der Waals surface area contributed by atoms with Gasteiger partial charge in [-0.2, -0.15) is 13.2 Å². The number of hydrogen-bond donors (Lipinski definition) is 2. The van der Waals surface area contributed by atoms with E-state index in [0.717, 1.165) is 25.0 Å². The minimum atomic E-state index is -5.59. The topological polar surface area (TPSA) is 58.2 Å². The van der Waals surface area contributed by atoms with E-state index in [4.69, 9.17) is 0 Å². The predicted molar refractivity (Wildman–Crippen MR) is 69.2 cm³/mol. The molecule has 1 aromatic carbocycles. The number of alkyl halides is 3. The maximum atomic E-state index is 13.1. The third kappa shape index (κ3) is 3.85. The molecule has 118 valence electrons. The zero-order valence-electron chi connectivity index (χ0n) is 10.9. The Morgan fingerprint density at radius 3 is 2.43 bits per heavy atom. The van der Waals surface area contributed by atoms with Crippen molar-refractivity contribution in [1.29, 1.82) is 0 Å². The van der Waals surface area contributed by atoms with Crippen molar-refractivity contribution in [2.24, 2.45) is 0 Å². The van der Waals surface area contributed by atoms with Gasteiger partial charge < -0.3 is 10.6 Å². The molecule has 0 spiro atoms. The third-order valence-electron chi connectivity index (χ3n) is 2.99. The van der Waals surface area contributed by atoms with Gasteiger partial charge in [-0.05, 0) is 31.0 Å². The lowest BCUT2D eigenvalue weighted by atomic mass is 10.3.